The molecule has 0 bridgehead atoms. The number of nitrogens with zero attached hydrogens (tertiary/aromatic N) is 7. The van der Waals surface area contributed by atoms with Crippen LogP contribution in [0.5, 0.6) is 0 Å². The fraction of sp³-hybridized carbons (Fsp3) is 0.458. The van der Waals surface area contributed by atoms with Crippen LogP contribution in [0.1, 0.15) is 38.0 Å². The molecule has 3 aromatic heterocycles. The number of pyridine rings is 2. The Morgan fingerprint density at radius 2 is 1.85 bits per heavy atom. The van der Waals surface area contributed by atoms with Gasteiger partial charge in [-0.3, -0.25) is 4.79 Å². The molecule has 10 nitrogen and oxygen atoms in total. The van der Waals surface area contributed by atoms with Crippen LogP contribution < -0.4 is 15.1 Å². The molecule has 1 atom stereocenters. The predicted octanol–water partition coefficient (Wildman–Crippen LogP) is 2.49. The van der Waals surface area contributed by atoms with Gasteiger partial charge in [-0.2, -0.15) is 0 Å². The lowest BCUT2D eigenvalue weighted by atomic mass is 10.2. The molecule has 178 valence electrons. The maximum Gasteiger partial charge on any atom is 0.229 e. The average molecular weight is 463 g/mol. The van der Waals surface area contributed by atoms with Crippen molar-refractivity contribution in [2.45, 2.75) is 32.3 Å². The summed E-state index contributed by atoms with van der Waals surface area (Å²) in [6.45, 7) is 5.82. The van der Waals surface area contributed by atoms with Crippen LogP contribution in [0.3, 0.4) is 0 Å². The third-order valence-electron chi connectivity index (χ3n) is 6.41. The van der Waals surface area contributed by atoms with E-state index in [1.54, 1.807) is 24.2 Å². The zero-order chi connectivity index (χ0) is 23.7. The SMILES string of the molecule is CC(O)c1cc2cnc(Nc3ccc(N4CCN(C)CCC4=O)cn3)nc2c(N2CCCC2)n1. The second-order valence-electron chi connectivity index (χ2n) is 9.00. The van der Waals surface area contributed by atoms with Crippen molar-refractivity contribution in [3.05, 3.63) is 36.3 Å². The molecule has 0 aromatic carbocycles. The van der Waals surface area contributed by atoms with Crippen LogP contribution in [-0.4, -0.2) is 75.6 Å². The Balaban J connectivity index is 1.40. The fourth-order valence-corrected chi connectivity index (χ4v) is 4.40. The van der Waals surface area contributed by atoms with E-state index >= 15 is 0 Å². The third kappa shape index (κ3) is 4.64. The molecule has 0 aliphatic carbocycles. The largest absolute Gasteiger partial charge is 0.387 e. The molecular weight excluding hydrogens is 432 g/mol. The van der Waals surface area contributed by atoms with Crippen molar-refractivity contribution in [3.63, 3.8) is 0 Å². The maximum absolute atomic E-state index is 12.5. The number of aliphatic hydroxyl groups excluding tert-OH is 1. The van der Waals surface area contributed by atoms with Crippen LogP contribution in [0.2, 0.25) is 0 Å². The molecule has 0 radical (unpaired) electrons. The van der Waals surface area contributed by atoms with E-state index < -0.39 is 6.10 Å². The molecule has 3 aromatic rings. The predicted molar refractivity (Wildman–Crippen MR) is 131 cm³/mol. The van der Waals surface area contributed by atoms with E-state index in [1.807, 2.05) is 25.2 Å². The topological polar surface area (TPSA) is 111 Å². The lowest BCUT2D eigenvalue weighted by molar-refractivity contribution is -0.118. The van der Waals surface area contributed by atoms with Gasteiger partial charge in [-0.25, -0.2) is 19.9 Å². The highest BCUT2D eigenvalue weighted by Gasteiger charge is 2.22. The molecule has 2 fully saturated rings. The van der Waals surface area contributed by atoms with Gasteiger partial charge in [0, 0.05) is 50.7 Å². The van der Waals surface area contributed by atoms with Gasteiger partial charge in [-0.05, 0) is 45.0 Å². The standard InChI is InChI=1S/C24H30N8O2/c1-16(33)19-13-17-14-26-24(29-22(17)23(27-19)31-8-3-4-9-31)28-20-6-5-18(15-25-20)32-12-11-30(2)10-7-21(32)34/h5-6,13-16,33H,3-4,7-12H2,1-2H3,(H,25,26,28,29). The number of fused-ring (bicyclic) bond motifs is 1. The first-order valence-electron chi connectivity index (χ1n) is 11.8. The Hall–Kier alpha value is -3.37. The average Bonchev–Trinajstić information content (AvgIpc) is 3.32. The molecule has 1 amide bonds. The summed E-state index contributed by atoms with van der Waals surface area (Å²) >= 11 is 0. The van der Waals surface area contributed by atoms with Gasteiger partial charge in [0.2, 0.25) is 11.9 Å². The highest BCUT2D eigenvalue weighted by molar-refractivity contribution is 5.93. The zero-order valence-corrected chi connectivity index (χ0v) is 19.6. The first-order chi connectivity index (χ1) is 16.5. The van der Waals surface area contributed by atoms with Crippen LogP contribution >= 0.6 is 0 Å². The quantitative estimate of drug-likeness (QED) is 0.591. The Bertz CT molecular complexity index is 1180. The number of anilines is 4. The number of likely N-dealkylation sites (N-methyl/N-ethyl adjacent to an activating group) is 1. The molecular formula is C24H30N8O2. The van der Waals surface area contributed by atoms with Crippen molar-refractivity contribution >= 4 is 40.1 Å². The molecule has 2 saturated heterocycles. The monoisotopic (exact) mass is 462 g/mol. The molecule has 34 heavy (non-hydrogen) atoms. The molecule has 0 saturated carbocycles. The van der Waals surface area contributed by atoms with E-state index in [0.29, 0.717) is 30.4 Å². The number of hydrogen-bond donors (Lipinski definition) is 2. The second-order valence-corrected chi connectivity index (χ2v) is 9.00. The van der Waals surface area contributed by atoms with E-state index in [-0.39, 0.29) is 5.91 Å². The van der Waals surface area contributed by atoms with E-state index in [0.717, 1.165) is 61.4 Å². The van der Waals surface area contributed by atoms with Crippen molar-refractivity contribution in [1.29, 1.82) is 0 Å². The molecule has 1 unspecified atom stereocenters. The van der Waals surface area contributed by atoms with Crippen molar-refractivity contribution < 1.29 is 9.90 Å². The summed E-state index contributed by atoms with van der Waals surface area (Å²) in [5, 5.41) is 14.1. The van der Waals surface area contributed by atoms with Crippen LogP contribution in [0.25, 0.3) is 10.9 Å². The Kier molecular flexibility index (Phi) is 6.25. The minimum Gasteiger partial charge on any atom is -0.387 e. The number of hydrogen-bond acceptors (Lipinski definition) is 9. The van der Waals surface area contributed by atoms with Gasteiger partial charge in [-0.1, -0.05) is 0 Å². The summed E-state index contributed by atoms with van der Waals surface area (Å²) in [5.41, 5.74) is 2.15. The Morgan fingerprint density at radius 3 is 2.59 bits per heavy atom. The molecule has 5 heterocycles. The highest BCUT2D eigenvalue weighted by atomic mass is 16.3. The molecule has 0 spiro atoms. The first kappa shape index (κ1) is 22.4. The zero-order valence-electron chi connectivity index (χ0n) is 19.6. The minimum atomic E-state index is -0.664. The number of carbonyl (C=O) groups excluding carboxylic acids is 1. The van der Waals surface area contributed by atoms with Gasteiger partial charge in [0.15, 0.2) is 5.82 Å². The lowest BCUT2D eigenvalue weighted by Crippen LogP contribution is -2.32. The molecule has 2 aliphatic heterocycles. The first-order valence-corrected chi connectivity index (χ1v) is 11.8. The van der Waals surface area contributed by atoms with Crippen LogP contribution in [-0.2, 0) is 4.79 Å². The van der Waals surface area contributed by atoms with Gasteiger partial charge in [-0.15, -0.1) is 0 Å². The molecule has 5 rings (SSSR count). The van der Waals surface area contributed by atoms with E-state index in [9.17, 15) is 9.90 Å². The summed E-state index contributed by atoms with van der Waals surface area (Å²) < 4.78 is 0. The van der Waals surface area contributed by atoms with Crippen LogP contribution in [0, 0.1) is 0 Å². The van der Waals surface area contributed by atoms with Crippen LogP contribution in [0.15, 0.2) is 30.6 Å². The fourth-order valence-electron chi connectivity index (χ4n) is 4.40. The van der Waals surface area contributed by atoms with E-state index in [4.69, 9.17) is 9.97 Å². The van der Waals surface area contributed by atoms with Gasteiger partial charge in [0.05, 0.1) is 23.7 Å². The van der Waals surface area contributed by atoms with Gasteiger partial charge < -0.3 is 25.1 Å². The van der Waals surface area contributed by atoms with Crippen LogP contribution in [0.4, 0.5) is 23.3 Å². The van der Waals surface area contributed by atoms with Crippen molar-refractivity contribution in [1.82, 2.24) is 24.8 Å². The van der Waals surface area contributed by atoms with Crippen molar-refractivity contribution in [3.8, 4) is 0 Å². The summed E-state index contributed by atoms with van der Waals surface area (Å²) in [5.74, 6) is 1.92. The van der Waals surface area contributed by atoms with Crippen molar-refractivity contribution in [2.24, 2.45) is 0 Å². The Labute approximate surface area is 198 Å². The number of aliphatic hydroxyl groups is 1. The third-order valence-corrected chi connectivity index (χ3v) is 6.41. The smallest absolute Gasteiger partial charge is 0.229 e. The van der Waals surface area contributed by atoms with Gasteiger partial charge in [0.1, 0.15) is 11.3 Å². The van der Waals surface area contributed by atoms with Crippen molar-refractivity contribution in [2.75, 3.05) is 54.9 Å². The molecule has 2 N–H and O–H groups in total. The summed E-state index contributed by atoms with van der Waals surface area (Å²) in [6, 6.07) is 5.57. The molecule has 2 aliphatic rings. The minimum absolute atomic E-state index is 0.114. The van der Waals surface area contributed by atoms with E-state index in [1.165, 1.54) is 0 Å². The number of nitrogens with one attached hydrogen (secondary N) is 1. The summed E-state index contributed by atoms with van der Waals surface area (Å²) in [7, 11) is 2.03. The summed E-state index contributed by atoms with van der Waals surface area (Å²) in [4.78, 5) is 37.1. The van der Waals surface area contributed by atoms with E-state index in [2.05, 4.69) is 25.1 Å². The Morgan fingerprint density at radius 1 is 1.03 bits per heavy atom. The number of rotatable bonds is 5. The summed E-state index contributed by atoms with van der Waals surface area (Å²) in [6.07, 6.45) is 5.53. The maximum atomic E-state index is 12.5. The molecule has 10 heteroatoms. The van der Waals surface area contributed by atoms with Gasteiger partial charge >= 0.3 is 0 Å². The van der Waals surface area contributed by atoms with Gasteiger partial charge in [0.25, 0.3) is 0 Å². The second kappa shape index (κ2) is 9.47. The normalized spacial score (nSPS) is 18.4. The lowest BCUT2D eigenvalue weighted by Gasteiger charge is -2.21. The number of aromatic nitrogens is 4. The number of carbonyl (C=O) groups is 1. The highest BCUT2D eigenvalue weighted by Crippen LogP contribution is 2.29. The number of amides is 1.